The van der Waals surface area contributed by atoms with E-state index in [-0.39, 0.29) is 0 Å². The molecule has 0 N–H and O–H groups in total. The quantitative estimate of drug-likeness (QED) is 0.144. The molecule has 3 heteroatoms. The summed E-state index contributed by atoms with van der Waals surface area (Å²) in [5.41, 5.74) is 7.39. The minimum absolute atomic E-state index is 0.635. The Kier molecular flexibility index (Phi) is 6.80. The summed E-state index contributed by atoms with van der Waals surface area (Å²) in [6.07, 6.45) is 0. The number of fused-ring (bicyclic) bond motifs is 4. The van der Waals surface area contributed by atoms with Crippen LogP contribution in [0.3, 0.4) is 0 Å². The molecule has 0 unspecified atom stereocenters. The molecule has 0 fully saturated rings. The van der Waals surface area contributed by atoms with Crippen molar-refractivity contribution in [3.8, 4) is 56.4 Å². The van der Waals surface area contributed by atoms with Crippen LogP contribution in [-0.4, -0.2) is 15.0 Å². The highest BCUT2D eigenvalue weighted by molar-refractivity contribution is 6.19. The number of benzene rings is 8. The highest BCUT2D eigenvalue weighted by Crippen LogP contribution is 2.40. The lowest BCUT2D eigenvalue weighted by Crippen LogP contribution is -2.01. The van der Waals surface area contributed by atoms with Gasteiger partial charge in [0.1, 0.15) is 0 Å². The molecule has 0 atom stereocenters. The van der Waals surface area contributed by atoms with Gasteiger partial charge in [0.05, 0.1) is 0 Å². The molecule has 1 heterocycles. The number of hydrogen-bond acceptors (Lipinski definition) is 3. The van der Waals surface area contributed by atoms with Gasteiger partial charge in [-0.3, -0.25) is 0 Å². The third-order valence-corrected chi connectivity index (χ3v) is 9.07. The summed E-state index contributed by atoms with van der Waals surface area (Å²) in [5.74, 6) is 1.93. The Balaban J connectivity index is 1.36. The highest BCUT2D eigenvalue weighted by atomic mass is 15.0. The van der Waals surface area contributed by atoms with Crippen molar-refractivity contribution < 1.29 is 0 Å². The Morgan fingerprint density at radius 1 is 0.250 bits per heavy atom. The van der Waals surface area contributed by atoms with Crippen molar-refractivity contribution in [2.24, 2.45) is 0 Å². The third kappa shape index (κ3) is 4.99. The molecule has 224 valence electrons. The van der Waals surface area contributed by atoms with E-state index in [1.54, 1.807) is 0 Å². The molecule has 0 saturated heterocycles. The first-order valence-electron chi connectivity index (χ1n) is 16.2. The molecule has 0 aliphatic heterocycles. The normalized spacial score (nSPS) is 11.3. The van der Waals surface area contributed by atoms with Crippen LogP contribution in [0.1, 0.15) is 0 Å². The number of hydrogen-bond donors (Lipinski definition) is 0. The fourth-order valence-electron chi connectivity index (χ4n) is 6.75. The van der Waals surface area contributed by atoms with E-state index in [0.29, 0.717) is 17.5 Å². The molecule has 1 aromatic heterocycles. The van der Waals surface area contributed by atoms with E-state index in [0.717, 1.165) is 55.1 Å². The highest BCUT2D eigenvalue weighted by Gasteiger charge is 2.19. The van der Waals surface area contributed by atoms with Crippen molar-refractivity contribution in [1.82, 2.24) is 15.0 Å². The topological polar surface area (TPSA) is 38.7 Å². The average molecular weight is 612 g/mol. The van der Waals surface area contributed by atoms with Crippen molar-refractivity contribution in [3.05, 3.63) is 176 Å². The SMILES string of the molecule is c1ccc(-c2cc(-c3ccccc3)cc(-c3nc(-c4ccccc4)nc(-c4c5ccccc5cc5c4ccc4ccccc45)n3)c2)cc1. The second kappa shape index (κ2) is 11.7. The molecule has 3 nitrogen and oxygen atoms in total. The van der Waals surface area contributed by atoms with Crippen molar-refractivity contribution in [1.29, 1.82) is 0 Å². The van der Waals surface area contributed by atoms with Crippen molar-refractivity contribution in [2.75, 3.05) is 0 Å². The smallest absolute Gasteiger partial charge is 0.165 e. The van der Waals surface area contributed by atoms with Gasteiger partial charge in [-0.2, -0.15) is 0 Å². The maximum atomic E-state index is 5.33. The van der Waals surface area contributed by atoms with Gasteiger partial charge in [0.2, 0.25) is 0 Å². The zero-order valence-corrected chi connectivity index (χ0v) is 26.1. The van der Waals surface area contributed by atoms with Gasteiger partial charge in [0.15, 0.2) is 17.5 Å². The summed E-state index contributed by atoms with van der Waals surface area (Å²) in [5, 5.41) is 6.98. The monoisotopic (exact) mass is 611 g/mol. The first-order chi connectivity index (χ1) is 23.8. The van der Waals surface area contributed by atoms with E-state index in [4.69, 9.17) is 15.0 Å². The first kappa shape index (κ1) is 27.8. The van der Waals surface area contributed by atoms with E-state index in [1.165, 1.54) is 16.2 Å². The number of rotatable bonds is 5. The van der Waals surface area contributed by atoms with E-state index >= 15 is 0 Å². The van der Waals surface area contributed by atoms with Crippen LogP contribution in [0, 0.1) is 0 Å². The Morgan fingerprint density at radius 2 is 0.729 bits per heavy atom. The molecule has 9 aromatic rings. The molecule has 0 spiro atoms. The predicted octanol–water partition coefficient (Wildman–Crippen LogP) is 11.7. The molecular formula is C45H29N3. The summed E-state index contributed by atoms with van der Waals surface area (Å²) in [6, 6.07) is 61.7. The van der Waals surface area contributed by atoms with Crippen LogP contribution in [0.15, 0.2) is 176 Å². The van der Waals surface area contributed by atoms with Gasteiger partial charge in [0.25, 0.3) is 0 Å². The zero-order valence-electron chi connectivity index (χ0n) is 26.1. The summed E-state index contributed by atoms with van der Waals surface area (Å²) < 4.78 is 0. The van der Waals surface area contributed by atoms with Crippen LogP contribution in [0.4, 0.5) is 0 Å². The van der Waals surface area contributed by atoms with E-state index in [2.05, 4.69) is 146 Å². The van der Waals surface area contributed by atoms with Gasteiger partial charge in [0, 0.05) is 16.7 Å². The van der Waals surface area contributed by atoms with Crippen LogP contribution in [0.2, 0.25) is 0 Å². The second-order valence-corrected chi connectivity index (χ2v) is 12.1. The van der Waals surface area contributed by atoms with Gasteiger partial charge in [-0.1, -0.05) is 152 Å². The molecule has 0 aliphatic carbocycles. The summed E-state index contributed by atoms with van der Waals surface area (Å²) >= 11 is 0. The summed E-state index contributed by atoms with van der Waals surface area (Å²) in [7, 11) is 0. The molecular weight excluding hydrogens is 583 g/mol. The fraction of sp³-hybridized carbons (Fsp3) is 0. The minimum atomic E-state index is 0.635. The fourth-order valence-corrected chi connectivity index (χ4v) is 6.75. The zero-order chi connectivity index (χ0) is 31.9. The van der Waals surface area contributed by atoms with Crippen LogP contribution in [-0.2, 0) is 0 Å². The van der Waals surface area contributed by atoms with Crippen LogP contribution in [0.5, 0.6) is 0 Å². The lowest BCUT2D eigenvalue weighted by molar-refractivity contribution is 1.08. The Hall–Kier alpha value is -6.45. The number of nitrogens with zero attached hydrogens (tertiary/aromatic N) is 3. The Bertz CT molecular complexity index is 2540. The van der Waals surface area contributed by atoms with Gasteiger partial charge in [-0.15, -0.1) is 0 Å². The lowest BCUT2D eigenvalue weighted by Gasteiger charge is -2.15. The summed E-state index contributed by atoms with van der Waals surface area (Å²) in [6.45, 7) is 0. The van der Waals surface area contributed by atoms with Crippen LogP contribution < -0.4 is 0 Å². The Labute approximate surface area is 278 Å². The van der Waals surface area contributed by atoms with E-state index in [9.17, 15) is 0 Å². The molecule has 0 bridgehead atoms. The minimum Gasteiger partial charge on any atom is -0.208 e. The van der Waals surface area contributed by atoms with Gasteiger partial charge in [-0.05, 0) is 78.8 Å². The maximum absolute atomic E-state index is 5.33. The second-order valence-electron chi connectivity index (χ2n) is 12.1. The van der Waals surface area contributed by atoms with Gasteiger partial charge < -0.3 is 0 Å². The van der Waals surface area contributed by atoms with Gasteiger partial charge >= 0.3 is 0 Å². The third-order valence-electron chi connectivity index (χ3n) is 9.07. The van der Waals surface area contributed by atoms with Gasteiger partial charge in [-0.25, -0.2) is 15.0 Å². The van der Waals surface area contributed by atoms with Crippen LogP contribution >= 0.6 is 0 Å². The molecule has 9 rings (SSSR count). The molecule has 0 radical (unpaired) electrons. The lowest BCUT2D eigenvalue weighted by atomic mass is 9.93. The molecule has 0 aliphatic rings. The largest absolute Gasteiger partial charge is 0.208 e. The average Bonchev–Trinajstić information content (AvgIpc) is 3.17. The number of aromatic nitrogens is 3. The van der Waals surface area contributed by atoms with Crippen molar-refractivity contribution in [2.45, 2.75) is 0 Å². The molecule has 0 amide bonds. The first-order valence-corrected chi connectivity index (χ1v) is 16.2. The van der Waals surface area contributed by atoms with E-state index < -0.39 is 0 Å². The van der Waals surface area contributed by atoms with Crippen LogP contribution in [0.25, 0.3) is 88.7 Å². The predicted molar refractivity (Wildman–Crippen MR) is 200 cm³/mol. The Morgan fingerprint density at radius 3 is 1.38 bits per heavy atom. The van der Waals surface area contributed by atoms with E-state index in [1.807, 2.05) is 30.3 Å². The molecule has 8 aromatic carbocycles. The maximum Gasteiger partial charge on any atom is 0.165 e. The van der Waals surface area contributed by atoms with Crippen molar-refractivity contribution in [3.63, 3.8) is 0 Å². The standard InChI is InChI=1S/C45H29N3/c1-4-14-30(15-5-1)35-26-36(31-16-6-2-7-17-31)28-37(27-35)44-46-43(33-19-8-3-9-20-33)47-45(48-44)42-39-23-13-11-21-34(39)29-41-38-22-12-10-18-32(38)24-25-40(41)42/h1-29H. The van der Waals surface area contributed by atoms with Crippen molar-refractivity contribution >= 4 is 32.3 Å². The summed E-state index contributed by atoms with van der Waals surface area (Å²) in [4.78, 5) is 15.7. The molecule has 0 saturated carbocycles. The molecule has 48 heavy (non-hydrogen) atoms.